The van der Waals surface area contributed by atoms with Crippen molar-refractivity contribution in [1.29, 1.82) is 0 Å². The second-order valence-electron chi connectivity index (χ2n) is 1.03. The zero-order valence-corrected chi connectivity index (χ0v) is 9.65. The number of hydrogen-bond acceptors (Lipinski definition) is 4. The smallest absolute Gasteiger partial charge is 0.302 e. The largest absolute Gasteiger partial charge is 0.466 e. The van der Waals surface area contributed by atoms with E-state index in [0.29, 0.717) is 6.61 Å². The lowest BCUT2D eigenvalue weighted by atomic mass is 10.8. The molecule has 13 heavy (non-hydrogen) atoms. The summed E-state index contributed by atoms with van der Waals surface area (Å²) >= 11 is 9.53. The Hall–Kier alpha value is -0.0700. The van der Waals surface area contributed by atoms with Crippen molar-refractivity contribution in [3.8, 4) is 0 Å². The molecule has 0 aliphatic rings. The average molecular weight is 240 g/mol. The first-order chi connectivity index (χ1) is 5.18. The van der Waals surface area contributed by atoms with Crippen LogP contribution in [0.15, 0.2) is 0 Å². The molecule has 0 amide bonds. The summed E-state index contributed by atoms with van der Waals surface area (Å²) in [5.41, 5.74) is 0. The summed E-state index contributed by atoms with van der Waals surface area (Å²) in [5, 5.41) is 7.19. The highest BCUT2D eigenvalue weighted by Gasteiger charge is 1.81. The number of halogens is 2. The van der Waals surface area contributed by atoms with Crippen molar-refractivity contribution in [2.75, 3.05) is 19.1 Å². The highest BCUT2D eigenvalue weighted by atomic mass is 35.5. The molecule has 86 valence electrons. The number of rotatable bonds is 1. The van der Waals surface area contributed by atoms with Crippen molar-refractivity contribution < 1.29 is 20.1 Å². The Morgan fingerprint density at radius 2 is 1.62 bits per heavy atom. The molecule has 0 bridgehead atoms. The third-order valence-electron chi connectivity index (χ3n) is 0.348. The molecule has 0 saturated heterocycles. The SMILES string of the molecule is CCOC(C)=O.CO.ClCCl.N.O. The Bertz CT molecular complexity index is 75.7. The summed E-state index contributed by atoms with van der Waals surface area (Å²) in [6.45, 7) is 3.65. The molecule has 0 radical (unpaired) electrons. The zero-order chi connectivity index (χ0) is 9.70. The van der Waals surface area contributed by atoms with Gasteiger partial charge in [0.05, 0.1) is 11.9 Å². The van der Waals surface area contributed by atoms with Crippen molar-refractivity contribution >= 4 is 29.2 Å². The van der Waals surface area contributed by atoms with Gasteiger partial charge in [-0.2, -0.15) is 0 Å². The number of ether oxygens (including phenoxy) is 1. The monoisotopic (exact) mass is 239 g/mol. The molecule has 0 aliphatic carbocycles. The summed E-state index contributed by atoms with van der Waals surface area (Å²) in [6, 6.07) is 0. The Morgan fingerprint density at radius 3 is 1.62 bits per heavy atom. The van der Waals surface area contributed by atoms with Crippen LogP contribution < -0.4 is 6.15 Å². The van der Waals surface area contributed by atoms with Gasteiger partial charge in [-0.05, 0) is 6.92 Å². The predicted octanol–water partition coefficient (Wildman–Crippen LogP) is 0.937. The molecular formula is C6H19Cl2NO4. The quantitative estimate of drug-likeness (QED) is 0.524. The summed E-state index contributed by atoms with van der Waals surface area (Å²) < 4.78 is 4.40. The molecule has 0 spiro atoms. The molecule has 0 aromatic carbocycles. The van der Waals surface area contributed by atoms with E-state index < -0.39 is 0 Å². The fourth-order valence-electron chi connectivity index (χ4n) is 0.203. The van der Waals surface area contributed by atoms with Crippen molar-refractivity contribution in [1.82, 2.24) is 6.15 Å². The van der Waals surface area contributed by atoms with E-state index in [-0.39, 0.29) is 22.9 Å². The summed E-state index contributed by atoms with van der Waals surface area (Å²) in [6.07, 6.45) is 0. The minimum absolute atomic E-state index is 0. The molecule has 0 aliphatic heterocycles. The van der Waals surface area contributed by atoms with Crippen LogP contribution in [0.3, 0.4) is 0 Å². The topological polar surface area (TPSA) is 113 Å². The summed E-state index contributed by atoms with van der Waals surface area (Å²) in [7, 11) is 1.00. The van der Waals surface area contributed by atoms with E-state index in [1.165, 1.54) is 6.92 Å². The zero-order valence-electron chi connectivity index (χ0n) is 8.14. The first-order valence-electron chi connectivity index (χ1n) is 2.89. The predicted molar refractivity (Wildman–Crippen MR) is 55.7 cm³/mol. The molecule has 0 unspecified atom stereocenters. The lowest BCUT2D eigenvalue weighted by Gasteiger charge is -1.89. The van der Waals surface area contributed by atoms with Crippen LogP contribution in [0.5, 0.6) is 0 Å². The van der Waals surface area contributed by atoms with Gasteiger partial charge in [-0.3, -0.25) is 4.79 Å². The summed E-state index contributed by atoms with van der Waals surface area (Å²) in [4.78, 5) is 9.82. The number of alkyl halides is 2. The third-order valence-corrected chi connectivity index (χ3v) is 0.348. The van der Waals surface area contributed by atoms with Gasteiger partial charge in [-0.15, -0.1) is 23.2 Å². The summed E-state index contributed by atoms with van der Waals surface area (Å²) in [5.74, 6) is -0.211. The van der Waals surface area contributed by atoms with Crippen LogP contribution >= 0.6 is 23.2 Å². The van der Waals surface area contributed by atoms with Gasteiger partial charge in [0.1, 0.15) is 0 Å². The normalized spacial score (nSPS) is 5.38. The van der Waals surface area contributed by atoms with Gasteiger partial charge in [0.15, 0.2) is 0 Å². The van der Waals surface area contributed by atoms with E-state index in [1.807, 2.05) is 0 Å². The molecule has 0 fully saturated rings. The Balaban J connectivity index is -0.0000000268. The molecule has 5 nitrogen and oxygen atoms in total. The van der Waals surface area contributed by atoms with Crippen LogP contribution in [0.1, 0.15) is 13.8 Å². The van der Waals surface area contributed by atoms with Crippen molar-refractivity contribution in [3.63, 3.8) is 0 Å². The molecule has 0 rings (SSSR count). The van der Waals surface area contributed by atoms with E-state index >= 15 is 0 Å². The maximum Gasteiger partial charge on any atom is 0.302 e. The lowest BCUT2D eigenvalue weighted by Crippen LogP contribution is -1.95. The fraction of sp³-hybridized carbons (Fsp3) is 0.833. The van der Waals surface area contributed by atoms with Crippen molar-refractivity contribution in [2.24, 2.45) is 0 Å². The van der Waals surface area contributed by atoms with Gasteiger partial charge in [0.25, 0.3) is 0 Å². The standard InChI is InChI=1S/C4H8O2.CH2Cl2.CH4O.H3N.H2O/c1-3-6-4(2)5;2-1-3;1-2;;/h3H2,1-2H3;1H2;2H,1H3;1H3;1H2. The Labute approximate surface area is 88.9 Å². The molecule has 6 N–H and O–H groups in total. The molecule has 0 saturated carbocycles. The Kier molecular flexibility index (Phi) is 91.2. The van der Waals surface area contributed by atoms with Gasteiger partial charge in [-0.25, -0.2) is 0 Å². The number of esters is 1. The third kappa shape index (κ3) is 137. The number of carbonyl (C=O) groups is 1. The maximum atomic E-state index is 9.82. The minimum Gasteiger partial charge on any atom is -0.466 e. The van der Waals surface area contributed by atoms with E-state index in [1.54, 1.807) is 6.92 Å². The molecule has 0 aromatic heterocycles. The number of aliphatic hydroxyl groups is 1. The second-order valence-corrected chi connectivity index (χ2v) is 1.83. The molecule has 0 atom stereocenters. The highest BCUT2D eigenvalue weighted by molar-refractivity contribution is 6.40. The van der Waals surface area contributed by atoms with Crippen LogP contribution in [0.25, 0.3) is 0 Å². The van der Waals surface area contributed by atoms with Crippen LogP contribution in [0, 0.1) is 0 Å². The second kappa shape index (κ2) is 40.5. The van der Waals surface area contributed by atoms with E-state index in [4.69, 9.17) is 28.3 Å². The molecule has 0 heterocycles. The van der Waals surface area contributed by atoms with Gasteiger partial charge in [-0.1, -0.05) is 0 Å². The van der Waals surface area contributed by atoms with E-state index in [2.05, 4.69) is 4.74 Å². The molecule has 0 aromatic rings. The first-order valence-corrected chi connectivity index (χ1v) is 3.95. The number of hydrogen-bond donors (Lipinski definition) is 2. The fourth-order valence-corrected chi connectivity index (χ4v) is 0.203. The number of carbonyl (C=O) groups excluding carboxylic acids is 1. The van der Waals surface area contributed by atoms with Crippen LogP contribution in [-0.4, -0.2) is 35.6 Å². The minimum atomic E-state index is -0.211. The Morgan fingerprint density at radius 1 is 1.38 bits per heavy atom. The van der Waals surface area contributed by atoms with Crippen LogP contribution in [0.2, 0.25) is 0 Å². The highest BCUT2D eigenvalue weighted by Crippen LogP contribution is 1.73. The van der Waals surface area contributed by atoms with Gasteiger partial charge < -0.3 is 21.5 Å². The van der Waals surface area contributed by atoms with Crippen LogP contribution in [0.4, 0.5) is 0 Å². The molecule has 7 heteroatoms. The van der Waals surface area contributed by atoms with Gasteiger partial charge >= 0.3 is 5.97 Å². The average Bonchev–Trinajstić information content (AvgIpc) is 1.93. The van der Waals surface area contributed by atoms with Gasteiger partial charge in [0.2, 0.25) is 0 Å². The van der Waals surface area contributed by atoms with Crippen molar-refractivity contribution in [3.05, 3.63) is 0 Å². The maximum absolute atomic E-state index is 9.82. The number of aliphatic hydroxyl groups excluding tert-OH is 1. The van der Waals surface area contributed by atoms with E-state index in [0.717, 1.165) is 7.11 Å². The first kappa shape index (κ1) is 29.3. The molecular weight excluding hydrogens is 221 g/mol. The van der Waals surface area contributed by atoms with E-state index in [9.17, 15) is 4.79 Å². The van der Waals surface area contributed by atoms with Crippen LogP contribution in [-0.2, 0) is 9.53 Å². The van der Waals surface area contributed by atoms with Crippen molar-refractivity contribution in [2.45, 2.75) is 13.8 Å². The van der Waals surface area contributed by atoms with Gasteiger partial charge in [0, 0.05) is 14.0 Å². The lowest BCUT2D eigenvalue weighted by molar-refractivity contribution is -0.140.